The lowest BCUT2D eigenvalue weighted by molar-refractivity contribution is -0.225. The molecule has 0 saturated heterocycles. The largest absolute Gasteiger partial charge is 0.478 e. The number of likely N-dealkylation sites (N-methyl/N-ethyl adjacent to an activating group) is 3. The number of carbonyl (C=O) groups excluding carboxylic acids is 1. The predicted molar refractivity (Wildman–Crippen MR) is 218 cm³/mol. The second kappa shape index (κ2) is 14.5. The standard InChI is InChI=1S/C46H72N4O3/c1-31(30-50(11)29-28-49(9)10)34-18-23-46(41(53)47-26-27-48(7)8)25-24-44(5)36(39(34)46)16-17-38-43(4)21-19-35(32-12-14-33(15-13-32)40(51)52)42(2,3)37(43)20-22-45(38,44)6/h12-15,19,34,36-39H,1,16-18,20-30H2,2-11H3,(H,47,53)(H,51,52). The van der Waals surface area contributed by atoms with Crippen LogP contribution < -0.4 is 5.32 Å². The van der Waals surface area contributed by atoms with Gasteiger partial charge in [0.2, 0.25) is 5.91 Å². The Labute approximate surface area is 322 Å². The Morgan fingerprint density at radius 2 is 1.49 bits per heavy atom. The summed E-state index contributed by atoms with van der Waals surface area (Å²) in [7, 11) is 10.7. The number of hydrogen-bond acceptors (Lipinski definition) is 5. The van der Waals surface area contributed by atoms with Crippen molar-refractivity contribution in [3.8, 4) is 0 Å². The summed E-state index contributed by atoms with van der Waals surface area (Å²) in [6.07, 6.45) is 12.6. The van der Waals surface area contributed by atoms with Gasteiger partial charge >= 0.3 is 5.97 Å². The van der Waals surface area contributed by atoms with Crippen LogP contribution in [0.5, 0.6) is 0 Å². The van der Waals surface area contributed by atoms with Gasteiger partial charge in [0.15, 0.2) is 0 Å². The van der Waals surface area contributed by atoms with E-state index >= 15 is 0 Å². The molecule has 294 valence electrons. The first kappa shape index (κ1) is 40.2. The van der Waals surface area contributed by atoms with Crippen LogP contribution in [0.3, 0.4) is 0 Å². The molecule has 0 spiro atoms. The lowest BCUT2D eigenvalue weighted by atomic mass is 9.32. The average Bonchev–Trinajstić information content (AvgIpc) is 3.48. The Hall–Kier alpha value is -2.48. The quantitative estimate of drug-likeness (QED) is 0.212. The van der Waals surface area contributed by atoms with E-state index in [-0.39, 0.29) is 27.1 Å². The van der Waals surface area contributed by atoms with Crippen LogP contribution in [0.4, 0.5) is 0 Å². The predicted octanol–water partition coefficient (Wildman–Crippen LogP) is 8.19. The molecule has 9 unspecified atom stereocenters. The minimum Gasteiger partial charge on any atom is -0.478 e. The fraction of sp³-hybridized carbons (Fsp3) is 0.739. The van der Waals surface area contributed by atoms with Crippen molar-refractivity contribution in [2.45, 2.75) is 92.4 Å². The average molecular weight is 729 g/mol. The topological polar surface area (TPSA) is 76.1 Å². The van der Waals surface area contributed by atoms with Gasteiger partial charge in [-0.05, 0) is 168 Å². The second-order valence-corrected chi connectivity index (χ2v) is 20.2. The van der Waals surface area contributed by atoms with Crippen molar-refractivity contribution in [3.05, 3.63) is 53.6 Å². The normalized spacial score (nSPS) is 37.4. The molecule has 53 heavy (non-hydrogen) atoms. The molecule has 4 saturated carbocycles. The molecule has 4 fully saturated rings. The second-order valence-electron chi connectivity index (χ2n) is 20.2. The number of hydrogen-bond donors (Lipinski definition) is 2. The molecule has 9 atom stereocenters. The molecule has 1 aromatic carbocycles. The number of amides is 1. The molecule has 7 heteroatoms. The van der Waals surface area contributed by atoms with Gasteiger partial charge < -0.3 is 25.1 Å². The molecular formula is C46H72N4O3. The highest BCUT2D eigenvalue weighted by atomic mass is 16.4. The summed E-state index contributed by atoms with van der Waals surface area (Å²) in [5, 5.41) is 13.0. The van der Waals surface area contributed by atoms with Crippen LogP contribution in [0.15, 0.2) is 42.5 Å². The highest BCUT2D eigenvalue weighted by Gasteiger charge is 2.71. The molecule has 0 aliphatic heterocycles. The zero-order chi connectivity index (χ0) is 38.7. The number of allylic oxidation sites excluding steroid dienone is 2. The van der Waals surface area contributed by atoms with Crippen molar-refractivity contribution in [1.82, 2.24) is 20.0 Å². The molecule has 0 heterocycles. The van der Waals surface area contributed by atoms with Crippen molar-refractivity contribution in [2.24, 2.45) is 56.7 Å². The third kappa shape index (κ3) is 6.67. The number of nitrogens with zero attached hydrogens (tertiary/aromatic N) is 3. The highest BCUT2D eigenvalue weighted by Crippen LogP contribution is 2.77. The molecule has 2 N–H and O–H groups in total. The van der Waals surface area contributed by atoms with Gasteiger partial charge in [-0.1, -0.05) is 65.0 Å². The summed E-state index contributed by atoms with van der Waals surface area (Å²) >= 11 is 0. The van der Waals surface area contributed by atoms with E-state index in [2.05, 4.69) is 95.9 Å². The molecule has 0 bridgehead atoms. The minimum absolute atomic E-state index is 0.0178. The van der Waals surface area contributed by atoms with Gasteiger partial charge in [0.05, 0.1) is 11.0 Å². The van der Waals surface area contributed by atoms with Crippen LogP contribution in [-0.2, 0) is 4.79 Å². The SMILES string of the molecule is C=C(CN(C)CCN(C)C)C1CCC2(C(=O)NCCN(C)C)CCC3(C)C(CCC4C5(C)CC=C(c6ccc(C(=O)O)cc6)C(C)(C)C5CCC43C)C12. The number of rotatable bonds is 12. The first-order valence-corrected chi connectivity index (χ1v) is 20.8. The smallest absolute Gasteiger partial charge is 0.335 e. The van der Waals surface area contributed by atoms with Crippen molar-refractivity contribution < 1.29 is 14.7 Å². The van der Waals surface area contributed by atoms with E-state index < -0.39 is 5.97 Å². The maximum absolute atomic E-state index is 14.6. The Morgan fingerprint density at radius 3 is 2.13 bits per heavy atom. The van der Waals surface area contributed by atoms with Gasteiger partial charge in [-0.3, -0.25) is 4.79 Å². The molecule has 6 rings (SSSR count). The molecular weight excluding hydrogens is 657 g/mol. The third-order valence-corrected chi connectivity index (χ3v) is 16.7. The lowest BCUT2D eigenvalue weighted by Gasteiger charge is -2.72. The maximum Gasteiger partial charge on any atom is 0.335 e. The van der Waals surface area contributed by atoms with E-state index in [1.165, 1.54) is 42.4 Å². The molecule has 7 nitrogen and oxygen atoms in total. The van der Waals surface area contributed by atoms with E-state index in [1.807, 2.05) is 12.1 Å². The van der Waals surface area contributed by atoms with Crippen LogP contribution >= 0.6 is 0 Å². The summed E-state index contributed by atoms with van der Waals surface area (Å²) in [5.74, 6) is 1.82. The van der Waals surface area contributed by atoms with Crippen molar-refractivity contribution in [3.63, 3.8) is 0 Å². The Bertz CT molecular complexity index is 1580. The van der Waals surface area contributed by atoms with Gasteiger partial charge in [0.25, 0.3) is 0 Å². The molecule has 1 aromatic rings. The van der Waals surface area contributed by atoms with E-state index in [0.29, 0.717) is 47.6 Å². The minimum atomic E-state index is -0.873. The van der Waals surface area contributed by atoms with E-state index in [0.717, 1.165) is 58.3 Å². The van der Waals surface area contributed by atoms with Crippen molar-refractivity contribution >= 4 is 17.4 Å². The van der Waals surface area contributed by atoms with Crippen LogP contribution in [-0.4, -0.2) is 99.6 Å². The van der Waals surface area contributed by atoms with Crippen LogP contribution in [0.2, 0.25) is 0 Å². The number of benzene rings is 1. The summed E-state index contributed by atoms with van der Waals surface area (Å²) in [6.45, 7) is 22.2. The van der Waals surface area contributed by atoms with Gasteiger partial charge in [-0.25, -0.2) is 4.79 Å². The Morgan fingerprint density at radius 1 is 0.811 bits per heavy atom. The highest BCUT2D eigenvalue weighted by molar-refractivity contribution is 5.88. The number of carbonyl (C=O) groups is 2. The first-order chi connectivity index (χ1) is 24.8. The zero-order valence-corrected chi connectivity index (χ0v) is 35.0. The molecule has 0 radical (unpaired) electrons. The van der Waals surface area contributed by atoms with Gasteiger partial charge in [0.1, 0.15) is 0 Å². The van der Waals surface area contributed by atoms with Crippen molar-refractivity contribution in [2.75, 3.05) is 68.0 Å². The van der Waals surface area contributed by atoms with E-state index in [9.17, 15) is 14.7 Å². The lowest BCUT2D eigenvalue weighted by Crippen LogP contribution is -2.66. The van der Waals surface area contributed by atoms with E-state index in [4.69, 9.17) is 6.58 Å². The molecule has 0 aromatic heterocycles. The Balaban J connectivity index is 1.32. The molecule has 5 aliphatic rings. The fourth-order valence-electron chi connectivity index (χ4n) is 13.8. The van der Waals surface area contributed by atoms with Gasteiger partial charge in [-0.2, -0.15) is 0 Å². The van der Waals surface area contributed by atoms with Crippen LogP contribution in [0.25, 0.3) is 5.57 Å². The molecule has 1 amide bonds. The summed E-state index contributed by atoms with van der Waals surface area (Å²) < 4.78 is 0. The van der Waals surface area contributed by atoms with Crippen LogP contribution in [0, 0.1) is 56.7 Å². The van der Waals surface area contributed by atoms with Crippen LogP contribution in [0.1, 0.15) is 108 Å². The summed E-state index contributed by atoms with van der Waals surface area (Å²) in [5.41, 5.74) is 4.43. The third-order valence-electron chi connectivity index (χ3n) is 16.7. The van der Waals surface area contributed by atoms with E-state index in [1.54, 1.807) is 12.1 Å². The monoisotopic (exact) mass is 729 g/mol. The van der Waals surface area contributed by atoms with Gasteiger partial charge in [0, 0.05) is 32.7 Å². The zero-order valence-electron chi connectivity index (χ0n) is 35.0. The Kier molecular flexibility index (Phi) is 11.0. The molecule has 5 aliphatic carbocycles. The number of aromatic carboxylic acids is 1. The number of carboxylic acids is 1. The summed E-state index contributed by atoms with van der Waals surface area (Å²) in [6, 6.07) is 7.58. The number of fused-ring (bicyclic) bond motifs is 7. The first-order valence-electron chi connectivity index (χ1n) is 20.8. The van der Waals surface area contributed by atoms with Gasteiger partial charge in [-0.15, -0.1) is 0 Å². The fourth-order valence-corrected chi connectivity index (χ4v) is 13.8. The summed E-state index contributed by atoms with van der Waals surface area (Å²) in [4.78, 5) is 33.1. The number of nitrogens with one attached hydrogen (secondary N) is 1. The van der Waals surface area contributed by atoms with Crippen molar-refractivity contribution in [1.29, 1.82) is 0 Å². The number of carboxylic acid groups (broad SMARTS) is 1. The maximum atomic E-state index is 14.6.